The maximum atomic E-state index is 6.66. The van der Waals surface area contributed by atoms with Crippen molar-refractivity contribution >= 4 is 60.9 Å². The van der Waals surface area contributed by atoms with E-state index >= 15 is 0 Å². The molecule has 0 fully saturated rings. The molecule has 0 unspecified atom stereocenters. The van der Waals surface area contributed by atoms with Crippen molar-refractivity contribution in [3.05, 3.63) is 205 Å². The van der Waals surface area contributed by atoms with Gasteiger partial charge in [-0.15, -0.1) is 0 Å². The normalized spacial score (nSPS) is 13.0. The van der Waals surface area contributed by atoms with Gasteiger partial charge in [0.1, 0.15) is 16.7 Å². The predicted molar refractivity (Wildman–Crippen MR) is 247 cm³/mol. The number of hydrogen-bond donors (Lipinski definition) is 0. The van der Waals surface area contributed by atoms with Gasteiger partial charge in [-0.3, -0.25) is 0 Å². The highest BCUT2D eigenvalue weighted by Gasteiger charge is 2.35. The summed E-state index contributed by atoms with van der Waals surface area (Å²) in [7, 11) is 0. The van der Waals surface area contributed by atoms with E-state index in [-0.39, 0.29) is 5.41 Å². The molecule has 2 aromatic heterocycles. The summed E-state index contributed by atoms with van der Waals surface area (Å²) in [6, 6.07) is 69.3. The standard InChI is InChI=1S/C56H38N2O2/c1-56(2)48-21-10-8-18-44(48)46-32-41(29-30-49(46)56)58(51-22-11-9-17-42(51)39-24-23-35-13-6-7-16-38(35)31-39)40-27-25-36(26-28-40)43-19-12-20-45-47-33-50-53(34-52(47)59-54(43)45)60-55(57-50)37-14-4-3-5-15-37/h3-34H,1-2H3. The van der Waals surface area contributed by atoms with E-state index in [2.05, 4.69) is 176 Å². The average molecular weight is 771 g/mol. The molecule has 0 amide bonds. The molecule has 0 spiro atoms. The van der Waals surface area contributed by atoms with Gasteiger partial charge in [0, 0.05) is 50.3 Å². The molecule has 0 N–H and O–H groups in total. The molecule has 0 radical (unpaired) electrons. The summed E-state index contributed by atoms with van der Waals surface area (Å²) in [5, 5.41) is 4.51. The summed E-state index contributed by atoms with van der Waals surface area (Å²) in [5.41, 5.74) is 17.0. The lowest BCUT2D eigenvalue weighted by Gasteiger charge is -2.29. The quantitative estimate of drug-likeness (QED) is 0.169. The molecule has 1 aliphatic rings. The van der Waals surface area contributed by atoms with Crippen molar-refractivity contribution in [1.82, 2.24) is 4.98 Å². The molecule has 12 rings (SSSR count). The molecule has 4 heteroatoms. The monoisotopic (exact) mass is 770 g/mol. The fraction of sp³-hybridized carbons (Fsp3) is 0.0536. The van der Waals surface area contributed by atoms with Gasteiger partial charge >= 0.3 is 0 Å². The number of oxazole rings is 1. The lowest BCUT2D eigenvalue weighted by Crippen LogP contribution is -2.15. The summed E-state index contributed by atoms with van der Waals surface area (Å²) >= 11 is 0. The van der Waals surface area contributed by atoms with Crippen LogP contribution in [0.2, 0.25) is 0 Å². The number of rotatable bonds is 6. The van der Waals surface area contributed by atoms with E-state index in [4.69, 9.17) is 13.8 Å². The number of hydrogen-bond acceptors (Lipinski definition) is 4. The molecule has 0 aliphatic heterocycles. The number of anilines is 3. The number of furan rings is 1. The van der Waals surface area contributed by atoms with Gasteiger partial charge in [0.25, 0.3) is 0 Å². The van der Waals surface area contributed by atoms with Crippen LogP contribution in [0, 0.1) is 0 Å². The third-order valence-electron chi connectivity index (χ3n) is 12.5. The lowest BCUT2D eigenvalue weighted by atomic mass is 9.82. The largest absolute Gasteiger partial charge is 0.455 e. The van der Waals surface area contributed by atoms with Crippen molar-refractivity contribution in [2.75, 3.05) is 4.90 Å². The molecule has 9 aromatic carbocycles. The van der Waals surface area contributed by atoms with Crippen molar-refractivity contribution in [2.45, 2.75) is 19.3 Å². The molecule has 0 saturated carbocycles. The van der Waals surface area contributed by atoms with Crippen molar-refractivity contribution in [2.24, 2.45) is 0 Å². The van der Waals surface area contributed by atoms with Crippen LogP contribution in [0.1, 0.15) is 25.0 Å². The minimum Gasteiger partial charge on any atom is -0.455 e. The first-order valence-corrected chi connectivity index (χ1v) is 20.5. The lowest BCUT2D eigenvalue weighted by molar-refractivity contribution is 0.617. The molecule has 1 aliphatic carbocycles. The Morgan fingerprint density at radius 3 is 2.00 bits per heavy atom. The number of fused-ring (bicyclic) bond motifs is 8. The third kappa shape index (κ3) is 5.34. The van der Waals surface area contributed by atoms with Crippen LogP contribution in [-0.2, 0) is 5.41 Å². The second-order valence-electron chi connectivity index (χ2n) is 16.3. The summed E-state index contributed by atoms with van der Waals surface area (Å²) in [5.74, 6) is 0.603. The highest BCUT2D eigenvalue weighted by Crippen LogP contribution is 2.51. The first-order valence-electron chi connectivity index (χ1n) is 20.5. The highest BCUT2D eigenvalue weighted by atomic mass is 16.4. The second kappa shape index (κ2) is 13.2. The summed E-state index contributed by atoms with van der Waals surface area (Å²) in [6.07, 6.45) is 0. The van der Waals surface area contributed by atoms with Gasteiger partial charge in [-0.1, -0.05) is 147 Å². The topological polar surface area (TPSA) is 42.4 Å². The van der Waals surface area contributed by atoms with E-state index in [1.807, 2.05) is 36.4 Å². The van der Waals surface area contributed by atoms with Gasteiger partial charge in [-0.05, 0) is 98.8 Å². The third-order valence-corrected chi connectivity index (χ3v) is 12.5. The zero-order chi connectivity index (χ0) is 40.0. The van der Waals surface area contributed by atoms with Crippen LogP contribution < -0.4 is 4.90 Å². The molecule has 60 heavy (non-hydrogen) atoms. The first-order chi connectivity index (χ1) is 29.5. The summed E-state index contributed by atoms with van der Waals surface area (Å²) in [6.45, 7) is 4.67. The van der Waals surface area contributed by atoms with E-state index in [9.17, 15) is 0 Å². The SMILES string of the molecule is CC1(C)c2ccccc2-c2cc(N(c3ccc(-c4cccc5c4oc4cc6oc(-c7ccccc7)nc6cc45)cc3)c3ccccc3-c3ccc4ccccc4c3)ccc21. The molecular weight excluding hydrogens is 733 g/mol. The van der Waals surface area contributed by atoms with Gasteiger partial charge in [0.2, 0.25) is 5.89 Å². The molecule has 284 valence electrons. The molecule has 2 heterocycles. The maximum absolute atomic E-state index is 6.66. The number of nitrogens with zero attached hydrogens (tertiary/aromatic N) is 2. The predicted octanol–water partition coefficient (Wildman–Crippen LogP) is 15.7. The van der Waals surface area contributed by atoms with Crippen LogP contribution in [0.5, 0.6) is 0 Å². The van der Waals surface area contributed by atoms with Crippen LogP contribution >= 0.6 is 0 Å². The minimum absolute atomic E-state index is 0.0803. The van der Waals surface area contributed by atoms with E-state index in [0.717, 1.165) is 66.8 Å². The number of benzene rings is 9. The van der Waals surface area contributed by atoms with Gasteiger partial charge in [-0.2, -0.15) is 0 Å². The highest BCUT2D eigenvalue weighted by molar-refractivity contribution is 6.12. The Morgan fingerprint density at radius 2 is 1.13 bits per heavy atom. The Labute approximate surface area is 347 Å². The molecule has 0 atom stereocenters. The van der Waals surface area contributed by atoms with E-state index in [1.54, 1.807) is 0 Å². The Hall–Kier alpha value is -7.69. The van der Waals surface area contributed by atoms with Crippen molar-refractivity contribution < 1.29 is 8.83 Å². The maximum Gasteiger partial charge on any atom is 0.227 e. The van der Waals surface area contributed by atoms with Crippen molar-refractivity contribution in [3.8, 4) is 44.8 Å². The van der Waals surface area contributed by atoms with Crippen molar-refractivity contribution in [1.29, 1.82) is 0 Å². The smallest absolute Gasteiger partial charge is 0.227 e. The molecule has 0 bridgehead atoms. The van der Waals surface area contributed by atoms with Gasteiger partial charge in [-0.25, -0.2) is 4.98 Å². The van der Waals surface area contributed by atoms with E-state index < -0.39 is 0 Å². The first kappa shape index (κ1) is 34.4. The molecular formula is C56H38N2O2. The van der Waals surface area contributed by atoms with Crippen LogP contribution in [0.3, 0.4) is 0 Å². The minimum atomic E-state index is -0.0803. The number of para-hydroxylation sites is 2. The van der Waals surface area contributed by atoms with Crippen LogP contribution in [0.4, 0.5) is 17.1 Å². The van der Waals surface area contributed by atoms with Crippen LogP contribution in [0.25, 0.3) is 88.6 Å². The molecule has 0 saturated heterocycles. The van der Waals surface area contributed by atoms with Gasteiger partial charge in [0.15, 0.2) is 5.58 Å². The Bertz CT molecular complexity index is 3460. The van der Waals surface area contributed by atoms with Crippen molar-refractivity contribution in [3.63, 3.8) is 0 Å². The Kier molecular flexibility index (Phi) is 7.54. The number of aromatic nitrogens is 1. The zero-order valence-corrected chi connectivity index (χ0v) is 33.2. The zero-order valence-electron chi connectivity index (χ0n) is 33.2. The van der Waals surface area contributed by atoms with Gasteiger partial charge < -0.3 is 13.7 Å². The fourth-order valence-electron chi connectivity index (χ4n) is 9.48. The van der Waals surface area contributed by atoms with Crippen LogP contribution in [-0.4, -0.2) is 4.98 Å². The Balaban J connectivity index is 0.988. The van der Waals surface area contributed by atoms with E-state index in [1.165, 1.54) is 38.6 Å². The summed E-state index contributed by atoms with van der Waals surface area (Å²) < 4.78 is 12.9. The molecule has 4 nitrogen and oxygen atoms in total. The molecule has 11 aromatic rings. The average Bonchev–Trinajstić information content (AvgIpc) is 3.95. The Morgan fingerprint density at radius 1 is 0.433 bits per heavy atom. The second-order valence-corrected chi connectivity index (χ2v) is 16.3. The van der Waals surface area contributed by atoms with Gasteiger partial charge in [0.05, 0.1) is 5.69 Å². The summed E-state index contributed by atoms with van der Waals surface area (Å²) in [4.78, 5) is 7.25. The van der Waals surface area contributed by atoms with E-state index in [0.29, 0.717) is 11.5 Å². The van der Waals surface area contributed by atoms with Crippen LogP contribution in [0.15, 0.2) is 203 Å². The fourth-order valence-corrected chi connectivity index (χ4v) is 9.48.